The quantitative estimate of drug-likeness (QED) is 0.539. The normalized spacial score (nSPS) is 12.4. The number of rotatable bonds is 6. The fourth-order valence-electron chi connectivity index (χ4n) is 3.15. The highest BCUT2D eigenvalue weighted by molar-refractivity contribution is 5.78. The third-order valence-corrected chi connectivity index (χ3v) is 4.57. The van der Waals surface area contributed by atoms with E-state index in [1.54, 1.807) is 0 Å². The molecule has 1 atom stereocenters. The molecular formula is C22H25N. The molecule has 0 bridgehead atoms. The van der Waals surface area contributed by atoms with E-state index in [4.69, 9.17) is 4.98 Å². The van der Waals surface area contributed by atoms with Gasteiger partial charge < -0.3 is 0 Å². The number of aryl methyl sites for hydroxylation is 1. The topological polar surface area (TPSA) is 12.9 Å². The highest BCUT2D eigenvalue weighted by Crippen LogP contribution is 2.27. The molecule has 1 nitrogen and oxygen atoms in total. The lowest BCUT2D eigenvalue weighted by Gasteiger charge is -2.17. The number of fused-ring (bicyclic) bond motifs is 1. The van der Waals surface area contributed by atoms with Crippen molar-refractivity contribution in [3.8, 4) is 0 Å². The molecule has 1 heteroatoms. The van der Waals surface area contributed by atoms with Crippen LogP contribution in [0.1, 0.15) is 48.9 Å². The van der Waals surface area contributed by atoms with Crippen LogP contribution in [0.15, 0.2) is 60.7 Å². The highest BCUT2D eigenvalue weighted by atomic mass is 14.7. The van der Waals surface area contributed by atoms with Crippen molar-refractivity contribution in [1.82, 2.24) is 4.98 Å². The van der Waals surface area contributed by atoms with E-state index in [-0.39, 0.29) is 0 Å². The third kappa shape index (κ3) is 3.98. The van der Waals surface area contributed by atoms with Gasteiger partial charge in [0.1, 0.15) is 0 Å². The molecule has 1 aromatic heterocycles. The molecule has 0 N–H and O–H groups in total. The second-order valence-corrected chi connectivity index (χ2v) is 6.45. The van der Waals surface area contributed by atoms with E-state index in [0.717, 1.165) is 11.9 Å². The van der Waals surface area contributed by atoms with Gasteiger partial charge in [-0.3, -0.25) is 4.98 Å². The predicted octanol–water partition coefficient (Wildman–Crippen LogP) is 6.06. The van der Waals surface area contributed by atoms with E-state index in [1.165, 1.54) is 41.5 Å². The van der Waals surface area contributed by atoms with Crippen LogP contribution < -0.4 is 0 Å². The minimum absolute atomic E-state index is 0.559. The summed E-state index contributed by atoms with van der Waals surface area (Å²) >= 11 is 0. The van der Waals surface area contributed by atoms with E-state index >= 15 is 0 Å². The summed E-state index contributed by atoms with van der Waals surface area (Å²) in [5.41, 5.74) is 5.07. The Balaban J connectivity index is 1.85. The van der Waals surface area contributed by atoms with Crippen molar-refractivity contribution in [1.29, 1.82) is 0 Å². The third-order valence-electron chi connectivity index (χ3n) is 4.57. The molecule has 0 aliphatic heterocycles. The van der Waals surface area contributed by atoms with E-state index in [0.29, 0.717) is 5.92 Å². The number of nitrogens with zero attached hydrogens (tertiary/aromatic N) is 1. The molecule has 0 spiro atoms. The number of benzene rings is 2. The molecule has 0 aliphatic rings. The van der Waals surface area contributed by atoms with E-state index in [1.807, 2.05) is 0 Å². The largest absolute Gasteiger partial charge is 0.253 e. The summed E-state index contributed by atoms with van der Waals surface area (Å²) < 4.78 is 0. The van der Waals surface area contributed by atoms with Crippen molar-refractivity contribution in [2.24, 2.45) is 0 Å². The van der Waals surface area contributed by atoms with Gasteiger partial charge >= 0.3 is 0 Å². The molecule has 0 saturated heterocycles. The van der Waals surface area contributed by atoms with Crippen LogP contribution in [0.3, 0.4) is 0 Å². The van der Waals surface area contributed by atoms with Crippen molar-refractivity contribution in [3.63, 3.8) is 0 Å². The van der Waals surface area contributed by atoms with Gasteiger partial charge in [-0.1, -0.05) is 73.9 Å². The summed E-state index contributed by atoms with van der Waals surface area (Å²) in [6.07, 6.45) is 4.77. The molecule has 118 valence electrons. The van der Waals surface area contributed by atoms with Gasteiger partial charge in [0.05, 0.1) is 5.52 Å². The summed E-state index contributed by atoms with van der Waals surface area (Å²) in [6.45, 7) is 4.41. The SMILES string of the molecule is CCCC[C@@H](Cc1ccc2ccccc2n1)c1ccc(C)cc1. The van der Waals surface area contributed by atoms with E-state index < -0.39 is 0 Å². The number of pyridine rings is 1. The fourth-order valence-corrected chi connectivity index (χ4v) is 3.15. The lowest BCUT2D eigenvalue weighted by molar-refractivity contribution is 0.576. The van der Waals surface area contributed by atoms with Gasteiger partial charge in [-0.25, -0.2) is 0 Å². The van der Waals surface area contributed by atoms with Crippen LogP contribution in [0, 0.1) is 6.92 Å². The zero-order chi connectivity index (χ0) is 16.1. The molecule has 3 rings (SSSR count). The zero-order valence-corrected chi connectivity index (χ0v) is 14.1. The Bertz CT molecular complexity index is 758. The summed E-state index contributed by atoms with van der Waals surface area (Å²) in [5, 5.41) is 1.22. The standard InChI is InChI=1S/C22H25N/c1-3-4-7-20(18-12-10-17(2)11-13-18)16-21-15-14-19-8-5-6-9-22(19)23-21/h5-6,8-15,20H,3-4,7,16H2,1-2H3/t20-/m0/s1. The number of aromatic nitrogens is 1. The molecule has 0 saturated carbocycles. The van der Waals surface area contributed by atoms with E-state index in [2.05, 4.69) is 74.5 Å². The fraction of sp³-hybridized carbons (Fsp3) is 0.318. The molecule has 3 aromatic rings. The molecule has 1 heterocycles. The van der Waals surface area contributed by atoms with Crippen LogP contribution in [0.2, 0.25) is 0 Å². The van der Waals surface area contributed by atoms with Gasteiger partial charge in [0.2, 0.25) is 0 Å². The van der Waals surface area contributed by atoms with E-state index in [9.17, 15) is 0 Å². The van der Waals surface area contributed by atoms with Crippen molar-refractivity contribution >= 4 is 10.9 Å². The maximum absolute atomic E-state index is 4.87. The number of hydrogen-bond acceptors (Lipinski definition) is 1. The Morgan fingerprint density at radius 2 is 1.70 bits per heavy atom. The van der Waals surface area contributed by atoms with Crippen molar-refractivity contribution in [2.75, 3.05) is 0 Å². The maximum atomic E-state index is 4.87. The first-order chi connectivity index (χ1) is 11.3. The van der Waals surface area contributed by atoms with Gasteiger partial charge in [-0.2, -0.15) is 0 Å². The Hall–Kier alpha value is -2.15. The van der Waals surface area contributed by atoms with Gasteiger partial charge in [0.15, 0.2) is 0 Å². The Labute approximate surface area is 139 Å². The summed E-state index contributed by atoms with van der Waals surface area (Å²) in [5.74, 6) is 0.559. The van der Waals surface area contributed by atoms with Gasteiger partial charge in [0.25, 0.3) is 0 Å². The monoisotopic (exact) mass is 303 g/mol. The summed E-state index contributed by atoms with van der Waals surface area (Å²) in [6, 6.07) is 21.8. The van der Waals surface area contributed by atoms with Crippen LogP contribution in [0.25, 0.3) is 10.9 Å². The second kappa shape index (κ2) is 7.41. The number of para-hydroxylation sites is 1. The Morgan fingerprint density at radius 3 is 2.48 bits per heavy atom. The van der Waals surface area contributed by atoms with Crippen molar-refractivity contribution in [2.45, 2.75) is 45.4 Å². The molecule has 0 aliphatic carbocycles. The van der Waals surface area contributed by atoms with Gasteiger partial charge in [-0.15, -0.1) is 0 Å². The number of hydrogen-bond donors (Lipinski definition) is 0. The summed E-state index contributed by atoms with van der Waals surface area (Å²) in [4.78, 5) is 4.87. The first kappa shape index (κ1) is 15.7. The Morgan fingerprint density at radius 1 is 0.913 bits per heavy atom. The molecular weight excluding hydrogens is 278 g/mol. The lowest BCUT2D eigenvalue weighted by atomic mass is 9.89. The first-order valence-corrected chi connectivity index (χ1v) is 8.67. The molecule has 0 fully saturated rings. The average molecular weight is 303 g/mol. The molecule has 0 radical (unpaired) electrons. The lowest BCUT2D eigenvalue weighted by Crippen LogP contribution is -2.05. The van der Waals surface area contributed by atoms with Gasteiger partial charge in [0, 0.05) is 11.1 Å². The van der Waals surface area contributed by atoms with Crippen LogP contribution in [-0.2, 0) is 6.42 Å². The molecule has 23 heavy (non-hydrogen) atoms. The van der Waals surface area contributed by atoms with Crippen LogP contribution in [0.4, 0.5) is 0 Å². The zero-order valence-electron chi connectivity index (χ0n) is 14.1. The first-order valence-electron chi connectivity index (χ1n) is 8.67. The smallest absolute Gasteiger partial charge is 0.0705 e. The average Bonchev–Trinajstić information content (AvgIpc) is 2.59. The van der Waals surface area contributed by atoms with Crippen molar-refractivity contribution in [3.05, 3.63) is 77.5 Å². The molecule has 0 unspecified atom stereocenters. The molecule has 0 amide bonds. The highest BCUT2D eigenvalue weighted by Gasteiger charge is 2.13. The minimum atomic E-state index is 0.559. The second-order valence-electron chi connectivity index (χ2n) is 6.45. The molecule has 2 aromatic carbocycles. The Kier molecular flexibility index (Phi) is 5.07. The van der Waals surface area contributed by atoms with Crippen LogP contribution >= 0.6 is 0 Å². The predicted molar refractivity (Wildman–Crippen MR) is 98.9 cm³/mol. The number of unbranched alkanes of at least 4 members (excludes halogenated alkanes) is 1. The summed E-state index contributed by atoms with van der Waals surface area (Å²) in [7, 11) is 0. The van der Waals surface area contributed by atoms with Gasteiger partial charge in [-0.05, 0) is 43.4 Å². The van der Waals surface area contributed by atoms with Crippen molar-refractivity contribution < 1.29 is 0 Å². The van der Waals surface area contributed by atoms with Crippen LogP contribution in [-0.4, -0.2) is 4.98 Å². The van der Waals surface area contributed by atoms with Crippen LogP contribution in [0.5, 0.6) is 0 Å². The minimum Gasteiger partial charge on any atom is -0.253 e. The maximum Gasteiger partial charge on any atom is 0.0705 e.